The van der Waals surface area contributed by atoms with Crippen LogP contribution in [0.5, 0.6) is 0 Å². The van der Waals surface area contributed by atoms with Crippen LogP contribution >= 0.6 is 0 Å². The highest BCUT2D eigenvalue weighted by molar-refractivity contribution is 5.93. The molecule has 0 amide bonds. The average molecular weight is 474 g/mol. The molecule has 178 valence electrons. The molecule has 2 fully saturated rings. The maximum atomic E-state index is 15.2. The smallest absolute Gasteiger partial charge is 0.341 e. The van der Waals surface area contributed by atoms with E-state index in [2.05, 4.69) is 0 Å². The van der Waals surface area contributed by atoms with Crippen molar-refractivity contribution in [1.82, 2.24) is 4.57 Å². The Kier molecular flexibility index (Phi) is 5.57. The number of fused-ring (bicyclic) bond motifs is 1. The predicted octanol–water partition coefficient (Wildman–Crippen LogP) is 3.51. The zero-order chi connectivity index (χ0) is 24.0. The second kappa shape index (κ2) is 8.44. The summed E-state index contributed by atoms with van der Waals surface area (Å²) in [5.74, 6) is -4.37. The number of carboxylic acid groups (broad SMARTS) is 1. The van der Waals surface area contributed by atoms with Crippen LogP contribution in [0.4, 0.5) is 18.9 Å². The molecule has 0 unspecified atom stereocenters. The fourth-order valence-corrected chi connectivity index (χ4v) is 4.70. The quantitative estimate of drug-likeness (QED) is 0.624. The van der Waals surface area contributed by atoms with Gasteiger partial charge in [-0.2, -0.15) is 0 Å². The summed E-state index contributed by atoms with van der Waals surface area (Å²) in [6, 6.07) is 5.45. The van der Waals surface area contributed by atoms with E-state index in [0.29, 0.717) is 39.1 Å². The molecule has 2 aliphatic rings. The Bertz CT molecular complexity index is 1320. The summed E-state index contributed by atoms with van der Waals surface area (Å²) >= 11 is 0. The minimum absolute atomic E-state index is 0.123. The summed E-state index contributed by atoms with van der Waals surface area (Å²) in [4.78, 5) is 26.2. The molecule has 1 aromatic heterocycles. The van der Waals surface area contributed by atoms with Gasteiger partial charge in [0.25, 0.3) is 0 Å². The van der Waals surface area contributed by atoms with E-state index in [9.17, 15) is 23.5 Å². The van der Waals surface area contributed by atoms with Gasteiger partial charge in [-0.05, 0) is 29.8 Å². The lowest BCUT2D eigenvalue weighted by molar-refractivity contribution is -0.169. The maximum Gasteiger partial charge on any atom is 0.341 e. The molecule has 2 saturated heterocycles. The lowest BCUT2D eigenvalue weighted by atomic mass is 10.0. The van der Waals surface area contributed by atoms with Crippen LogP contribution in [0.15, 0.2) is 41.3 Å². The monoisotopic (exact) mass is 474 g/mol. The van der Waals surface area contributed by atoms with Gasteiger partial charge in [0.15, 0.2) is 5.79 Å². The summed E-state index contributed by atoms with van der Waals surface area (Å²) in [7, 11) is 0. The number of ether oxygens (including phenoxy) is 2. The number of anilines is 1. The van der Waals surface area contributed by atoms with Crippen molar-refractivity contribution in [3.05, 3.63) is 75.3 Å². The molecule has 1 spiro atoms. The normalized spacial score (nSPS) is 17.6. The molecule has 5 rings (SSSR count). The Morgan fingerprint density at radius 1 is 1.00 bits per heavy atom. The number of benzene rings is 2. The average Bonchev–Trinajstić information content (AvgIpc) is 3.23. The van der Waals surface area contributed by atoms with Crippen LogP contribution in [-0.4, -0.2) is 47.7 Å². The van der Waals surface area contributed by atoms with Gasteiger partial charge in [-0.1, -0.05) is 0 Å². The van der Waals surface area contributed by atoms with Crippen molar-refractivity contribution in [2.75, 3.05) is 31.2 Å². The van der Waals surface area contributed by atoms with Crippen LogP contribution in [0.25, 0.3) is 10.9 Å². The van der Waals surface area contributed by atoms with Crippen molar-refractivity contribution in [2.45, 2.75) is 25.2 Å². The summed E-state index contributed by atoms with van der Waals surface area (Å²) in [5, 5.41) is 9.34. The van der Waals surface area contributed by atoms with E-state index in [1.54, 1.807) is 0 Å². The van der Waals surface area contributed by atoms with E-state index in [0.717, 1.165) is 30.5 Å². The van der Waals surface area contributed by atoms with Crippen molar-refractivity contribution in [2.24, 2.45) is 0 Å². The van der Waals surface area contributed by atoms with Gasteiger partial charge in [-0.3, -0.25) is 4.79 Å². The molecular formula is C24H21F3N2O5. The SMILES string of the molecule is O=C(O)c1cn(Cc2cc(F)cc(F)c2)c2cc(N3CCC4(CC3)OCCO4)c(F)cc2c1=O. The number of piperidine rings is 1. The minimum Gasteiger partial charge on any atom is -0.477 e. The standard InChI is InChI=1S/C24H21F3N2O5/c25-15-7-14(8-16(26)9-15)12-29-13-18(23(31)32)22(30)17-10-19(27)21(11-20(17)29)28-3-1-24(2-4-28)33-5-6-34-24/h7-11,13H,1-6,12H2,(H,31,32). The zero-order valence-electron chi connectivity index (χ0n) is 18.0. The number of carboxylic acids is 1. The molecular weight excluding hydrogens is 453 g/mol. The van der Waals surface area contributed by atoms with Gasteiger partial charge in [0.1, 0.15) is 23.0 Å². The maximum absolute atomic E-state index is 15.2. The van der Waals surface area contributed by atoms with Crippen molar-refractivity contribution in [3.63, 3.8) is 0 Å². The van der Waals surface area contributed by atoms with Crippen molar-refractivity contribution in [3.8, 4) is 0 Å². The van der Waals surface area contributed by atoms with Crippen LogP contribution in [0, 0.1) is 17.5 Å². The highest BCUT2D eigenvalue weighted by atomic mass is 19.1. The molecule has 0 radical (unpaired) electrons. The Labute approximate surface area is 191 Å². The van der Waals surface area contributed by atoms with Gasteiger partial charge in [0.05, 0.1) is 24.4 Å². The molecule has 0 saturated carbocycles. The third-order valence-electron chi connectivity index (χ3n) is 6.33. The van der Waals surface area contributed by atoms with Crippen LogP contribution in [0.1, 0.15) is 28.8 Å². The number of rotatable bonds is 4. The number of nitrogens with zero attached hydrogens (tertiary/aromatic N) is 2. The van der Waals surface area contributed by atoms with Crippen molar-refractivity contribution < 1.29 is 32.5 Å². The molecule has 0 aliphatic carbocycles. The first-order chi connectivity index (χ1) is 16.2. The topological polar surface area (TPSA) is 81.0 Å². The molecule has 7 nitrogen and oxygen atoms in total. The lowest BCUT2D eigenvalue weighted by Gasteiger charge is -2.38. The van der Waals surface area contributed by atoms with E-state index in [4.69, 9.17) is 9.47 Å². The number of carbonyl (C=O) groups is 1. The minimum atomic E-state index is -1.48. The van der Waals surface area contributed by atoms with Crippen molar-refractivity contribution in [1.29, 1.82) is 0 Å². The first kappa shape index (κ1) is 22.4. The number of hydrogen-bond acceptors (Lipinski definition) is 5. The Morgan fingerprint density at radius 3 is 2.26 bits per heavy atom. The highest BCUT2D eigenvalue weighted by Gasteiger charge is 2.40. The first-order valence-electron chi connectivity index (χ1n) is 10.8. The summed E-state index contributed by atoms with van der Waals surface area (Å²) in [6.45, 7) is 1.82. The number of pyridine rings is 1. The van der Waals surface area contributed by atoms with E-state index in [1.807, 2.05) is 4.90 Å². The molecule has 2 aromatic carbocycles. The molecule has 10 heteroatoms. The molecule has 3 aromatic rings. The van der Waals surface area contributed by atoms with Gasteiger partial charge in [0.2, 0.25) is 5.43 Å². The number of hydrogen-bond donors (Lipinski definition) is 1. The van der Waals surface area contributed by atoms with E-state index < -0.39 is 40.2 Å². The predicted molar refractivity (Wildman–Crippen MR) is 117 cm³/mol. The third kappa shape index (κ3) is 4.03. The van der Waals surface area contributed by atoms with E-state index >= 15 is 4.39 Å². The van der Waals surface area contributed by atoms with E-state index in [1.165, 1.54) is 10.6 Å². The second-order valence-corrected chi connectivity index (χ2v) is 8.50. The van der Waals surface area contributed by atoms with Crippen molar-refractivity contribution >= 4 is 22.6 Å². The second-order valence-electron chi connectivity index (χ2n) is 8.50. The molecule has 3 heterocycles. The number of halogens is 3. The molecule has 1 N–H and O–H groups in total. The summed E-state index contributed by atoms with van der Waals surface area (Å²) in [6.07, 6.45) is 2.19. The van der Waals surface area contributed by atoms with Crippen LogP contribution in [-0.2, 0) is 16.0 Å². The Balaban J connectivity index is 1.59. The lowest BCUT2D eigenvalue weighted by Crippen LogP contribution is -2.45. The van der Waals surface area contributed by atoms with Gasteiger partial charge >= 0.3 is 5.97 Å². The molecule has 0 bridgehead atoms. The molecule has 0 atom stereocenters. The third-order valence-corrected chi connectivity index (χ3v) is 6.33. The number of aromatic nitrogens is 1. The molecule has 2 aliphatic heterocycles. The van der Waals surface area contributed by atoms with Gasteiger partial charge < -0.3 is 24.0 Å². The van der Waals surface area contributed by atoms with Gasteiger partial charge in [-0.25, -0.2) is 18.0 Å². The Hall–Kier alpha value is -3.37. The first-order valence-corrected chi connectivity index (χ1v) is 10.8. The van der Waals surface area contributed by atoms with Crippen LogP contribution in [0.2, 0.25) is 0 Å². The zero-order valence-corrected chi connectivity index (χ0v) is 18.0. The largest absolute Gasteiger partial charge is 0.477 e. The van der Waals surface area contributed by atoms with Crippen LogP contribution in [0.3, 0.4) is 0 Å². The number of aromatic carboxylic acids is 1. The summed E-state index contributed by atoms with van der Waals surface area (Å²) in [5.41, 5.74) is -0.682. The van der Waals surface area contributed by atoms with E-state index in [-0.39, 0.29) is 28.7 Å². The summed E-state index contributed by atoms with van der Waals surface area (Å²) < 4.78 is 55.4. The molecule has 34 heavy (non-hydrogen) atoms. The highest BCUT2D eigenvalue weighted by Crippen LogP contribution is 2.35. The fourth-order valence-electron chi connectivity index (χ4n) is 4.70. The van der Waals surface area contributed by atoms with Gasteiger partial charge in [0, 0.05) is 50.1 Å². The van der Waals surface area contributed by atoms with Gasteiger partial charge in [-0.15, -0.1) is 0 Å². The van der Waals surface area contributed by atoms with Crippen LogP contribution < -0.4 is 10.3 Å². The Morgan fingerprint density at radius 2 is 1.65 bits per heavy atom. The fraction of sp³-hybridized carbons (Fsp3) is 0.333.